The minimum Gasteiger partial charge on any atom is -0.0530 e. The van der Waals surface area contributed by atoms with Crippen molar-refractivity contribution in [1.29, 1.82) is 0 Å². The van der Waals surface area contributed by atoms with Crippen molar-refractivity contribution >= 4 is 0 Å². The first-order valence-corrected chi connectivity index (χ1v) is 6.43. The quantitative estimate of drug-likeness (QED) is 0.526. The van der Waals surface area contributed by atoms with Gasteiger partial charge in [-0.2, -0.15) is 0 Å². The molecule has 0 aromatic rings. The fraction of sp³-hybridized carbons (Fsp3) is 1.00. The Bertz CT molecular complexity index is 176. The first kappa shape index (κ1) is 8.32. The molecule has 4 fully saturated rings. The summed E-state index contributed by atoms with van der Waals surface area (Å²) >= 11 is 0. The molecule has 4 rings (SSSR count). The van der Waals surface area contributed by atoms with Crippen LogP contribution < -0.4 is 0 Å². The molecule has 0 N–H and O–H groups in total. The molecule has 0 nitrogen and oxygen atoms in total. The topological polar surface area (TPSA) is 0 Å². The Kier molecular flexibility index (Phi) is 2.11. The lowest BCUT2D eigenvalue weighted by Crippen LogP contribution is -2.17. The van der Waals surface area contributed by atoms with Crippen molar-refractivity contribution in [3.63, 3.8) is 0 Å². The molecule has 2 unspecified atom stereocenters. The van der Waals surface area contributed by atoms with Gasteiger partial charge in [-0.25, -0.2) is 0 Å². The Morgan fingerprint density at radius 1 is 0.615 bits per heavy atom. The second-order valence-electron chi connectivity index (χ2n) is 5.72. The Hall–Kier alpha value is 0. The summed E-state index contributed by atoms with van der Waals surface area (Å²) in [6.07, 6.45) is 14.2. The Morgan fingerprint density at radius 3 is 2.23 bits per heavy atom. The summed E-state index contributed by atoms with van der Waals surface area (Å²) in [7, 11) is 0. The Labute approximate surface area is 82.1 Å². The van der Waals surface area contributed by atoms with Gasteiger partial charge in [0.25, 0.3) is 0 Å². The van der Waals surface area contributed by atoms with E-state index in [0.29, 0.717) is 0 Å². The van der Waals surface area contributed by atoms with Crippen LogP contribution in [0.3, 0.4) is 0 Å². The summed E-state index contributed by atoms with van der Waals surface area (Å²) in [5, 5.41) is 0. The third kappa shape index (κ3) is 1.65. The Morgan fingerprint density at radius 2 is 1.38 bits per heavy atom. The summed E-state index contributed by atoms with van der Waals surface area (Å²) in [4.78, 5) is 0. The van der Waals surface area contributed by atoms with Crippen molar-refractivity contribution in [3.05, 3.63) is 0 Å². The lowest BCUT2D eigenvalue weighted by atomic mass is 9.76. The van der Waals surface area contributed by atoms with Gasteiger partial charge in [0.1, 0.15) is 0 Å². The molecule has 74 valence electrons. The van der Waals surface area contributed by atoms with Crippen LogP contribution in [0.1, 0.15) is 57.8 Å². The molecule has 0 aromatic heterocycles. The van der Waals surface area contributed by atoms with Crippen molar-refractivity contribution in [2.45, 2.75) is 57.8 Å². The van der Waals surface area contributed by atoms with Gasteiger partial charge in [-0.15, -0.1) is 0 Å². The first-order chi connectivity index (χ1) is 6.43. The van der Waals surface area contributed by atoms with E-state index in [1.165, 1.54) is 17.8 Å². The van der Waals surface area contributed by atoms with Crippen LogP contribution in [0.4, 0.5) is 0 Å². The van der Waals surface area contributed by atoms with E-state index in [-0.39, 0.29) is 0 Å². The molecule has 0 radical (unpaired) electrons. The van der Waals surface area contributed by atoms with Crippen LogP contribution in [0.5, 0.6) is 0 Å². The second kappa shape index (κ2) is 3.29. The van der Waals surface area contributed by atoms with Crippen molar-refractivity contribution < 1.29 is 0 Å². The molecule has 2 atom stereocenters. The van der Waals surface area contributed by atoms with Crippen LogP contribution in [0.25, 0.3) is 0 Å². The lowest BCUT2D eigenvalue weighted by Gasteiger charge is -2.30. The van der Waals surface area contributed by atoms with Crippen molar-refractivity contribution in [2.24, 2.45) is 23.7 Å². The molecule has 0 heterocycles. The number of rotatable bonds is 0. The minimum atomic E-state index is 1.13. The van der Waals surface area contributed by atoms with Gasteiger partial charge < -0.3 is 0 Å². The summed E-state index contributed by atoms with van der Waals surface area (Å²) in [5.41, 5.74) is 0. The van der Waals surface area contributed by atoms with Gasteiger partial charge >= 0.3 is 0 Å². The molecule has 4 saturated carbocycles. The minimum absolute atomic E-state index is 1.13. The molecule has 0 spiro atoms. The van der Waals surface area contributed by atoms with E-state index in [1.807, 2.05) is 0 Å². The van der Waals surface area contributed by atoms with Crippen molar-refractivity contribution in [1.82, 2.24) is 0 Å². The molecule has 0 amide bonds. The van der Waals surface area contributed by atoms with Gasteiger partial charge in [0.05, 0.1) is 0 Å². The summed E-state index contributed by atoms with van der Waals surface area (Å²) in [6.45, 7) is 0. The highest BCUT2D eigenvalue weighted by Crippen LogP contribution is 2.53. The van der Waals surface area contributed by atoms with Crippen LogP contribution in [-0.2, 0) is 0 Å². The molecule has 4 aliphatic rings. The van der Waals surface area contributed by atoms with Gasteiger partial charge in [-0.3, -0.25) is 0 Å². The largest absolute Gasteiger partial charge is 0.0530 e. The molecule has 0 saturated heterocycles. The average Bonchev–Trinajstić information content (AvgIpc) is 2.95. The predicted octanol–water partition coefficient (Wildman–Crippen LogP) is 4.00. The number of hydrogen-bond acceptors (Lipinski definition) is 0. The summed E-state index contributed by atoms with van der Waals surface area (Å²) < 4.78 is 0. The number of fused-ring (bicyclic) bond motifs is 5. The zero-order valence-electron chi connectivity index (χ0n) is 8.67. The highest BCUT2D eigenvalue weighted by atomic mass is 14.5. The van der Waals surface area contributed by atoms with E-state index >= 15 is 0 Å². The highest BCUT2D eigenvalue weighted by Gasteiger charge is 2.43. The molecule has 13 heavy (non-hydrogen) atoms. The fourth-order valence-electron chi connectivity index (χ4n) is 3.92. The van der Waals surface area contributed by atoms with Gasteiger partial charge in [0.2, 0.25) is 0 Å². The van der Waals surface area contributed by atoms with Crippen molar-refractivity contribution in [2.75, 3.05) is 0 Å². The smallest absolute Gasteiger partial charge is 0.0355 e. The van der Waals surface area contributed by atoms with Crippen LogP contribution in [0.15, 0.2) is 0 Å². The summed E-state index contributed by atoms with van der Waals surface area (Å²) in [5.74, 6) is 4.67. The van der Waals surface area contributed by atoms with E-state index < -0.39 is 0 Å². The zero-order valence-corrected chi connectivity index (χ0v) is 8.67. The number of hydrogen-bond donors (Lipinski definition) is 0. The van der Waals surface area contributed by atoms with E-state index in [4.69, 9.17) is 0 Å². The maximum absolute atomic E-state index is 1.61. The van der Waals surface area contributed by atoms with E-state index in [2.05, 4.69) is 0 Å². The molecule has 0 heteroatoms. The second-order valence-corrected chi connectivity index (χ2v) is 5.72. The normalized spacial score (nSPS) is 49.8. The van der Waals surface area contributed by atoms with E-state index in [0.717, 1.165) is 5.92 Å². The van der Waals surface area contributed by atoms with E-state index in [1.54, 1.807) is 57.8 Å². The molecule has 2 bridgehead atoms. The zero-order chi connectivity index (χ0) is 8.67. The van der Waals surface area contributed by atoms with Crippen molar-refractivity contribution in [3.8, 4) is 0 Å². The Balaban J connectivity index is 1.67. The summed E-state index contributed by atoms with van der Waals surface area (Å²) in [6, 6.07) is 0. The average molecular weight is 178 g/mol. The van der Waals surface area contributed by atoms with Gasteiger partial charge in [-0.1, -0.05) is 38.5 Å². The third-order valence-electron chi connectivity index (χ3n) is 4.91. The van der Waals surface area contributed by atoms with Crippen LogP contribution >= 0.6 is 0 Å². The third-order valence-corrected chi connectivity index (χ3v) is 4.91. The monoisotopic (exact) mass is 178 g/mol. The SMILES string of the molecule is C1CCC2CC2C2CCC(C1)CC2. The van der Waals surface area contributed by atoms with Gasteiger partial charge in [0.15, 0.2) is 0 Å². The molecule has 4 aliphatic carbocycles. The highest BCUT2D eigenvalue weighted by molar-refractivity contribution is 4.93. The van der Waals surface area contributed by atoms with Gasteiger partial charge in [0, 0.05) is 0 Å². The van der Waals surface area contributed by atoms with Crippen LogP contribution in [0, 0.1) is 23.7 Å². The molecular formula is C13H22. The standard InChI is InChI=1S/C13H22/c1-2-4-12-9-13(12)11-7-5-10(3-1)6-8-11/h10-13H,1-9H2. The molecular weight excluding hydrogens is 156 g/mol. The maximum Gasteiger partial charge on any atom is -0.0355 e. The fourth-order valence-corrected chi connectivity index (χ4v) is 3.92. The predicted molar refractivity (Wildman–Crippen MR) is 55.5 cm³/mol. The first-order valence-electron chi connectivity index (χ1n) is 6.43. The van der Waals surface area contributed by atoms with Crippen LogP contribution in [0.2, 0.25) is 0 Å². The maximum atomic E-state index is 1.61. The lowest BCUT2D eigenvalue weighted by molar-refractivity contribution is 0.222. The van der Waals surface area contributed by atoms with Crippen LogP contribution in [-0.4, -0.2) is 0 Å². The van der Waals surface area contributed by atoms with E-state index in [9.17, 15) is 0 Å². The molecule has 0 aromatic carbocycles. The van der Waals surface area contributed by atoms with Gasteiger partial charge in [-0.05, 0) is 42.9 Å². The molecule has 0 aliphatic heterocycles.